The summed E-state index contributed by atoms with van der Waals surface area (Å²) in [6, 6.07) is 14.9. The first-order valence-electron chi connectivity index (χ1n) is 13.3. The summed E-state index contributed by atoms with van der Waals surface area (Å²) < 4.78 is 12.9. The summed E-state index contributed by atoms with van der Waals surface area (Å²) >= 11 is 0. The van der Waals surface area contributed by atoms with Crippen molar-refractivity contribution in [3.8, 4) is 22.8 Å². The Balaban J connectivity index is 1.55. The lowest BCUT2D eigenvalue weighted by Crippen LogP contribution is -2.42. The zero-order chi connectivity index (χ0) is 27.3. The highest BCUT2D eigenvalue weighted by molar-refractivity contribution is 5.87. The predicted molar refractivity (Wildman–Crippen MR) is 150 cm³/mol. The van der Waals surface area contributed by atoms with Gasteiger partial charge in [0.15, 0.2) is 0 Å². The molecule has 1 saturated heterocycles. The molecule has 4 rings (SSSR count). The number of hydrogen-bond acceptors (Lipinski definition) is 6. The van der Waals surface area contributed by atoms with Gasteiger partial charge in [0.2, 0.25) is 5.91 Å². The van der Waals surface area contributed by atoms with E-state index >= 15 is 0 Å². The van der Waals surface area contributed by atoms with Gasteiger partial charge in [0, 0.05) is 31.2 Å². The molecule has 0 atom stereocenters. The molecule has 8 nitrogen and oxygen atoms in total. The molecule has 1 amide bonds. The number of hydrogen-bond donors (Lipinski definition) is 2. The lowest BCUT2D eigenvalue weighted by atomic mass is 9.94. The van der Waals surface area contributed by atoms with E-state index in [1.54, 1.807) is 13.2 Å². The van der Waals surface area contributed by atoms with Crippen molar-refractivity contribution in [3.05, 3.63) is 58.9 Å². The topological polar surface area (TPSA) is 93.0 Å². The number of piperidine rings is 1. The van der Waals surface area contributed by atoms with Crippen LogP contribution in [0.4, 0.5) is 0 Å². The molecule has 0 unspecified atom stereocenters. The van der Waals surface area contributed by atoms with E-state index in [-0.39, 0.29) is 24.1 Å². The Labute approximate surface area is 224 Å². The molecule has 2 aromatic carbocycles. The van der Waals surface area contributed by atoms with Crippen LogP contribution in [-0.2, 0) is 11.3 Å². The van der Waals surface area contributed by atoms with Crippen LogP contribution in [0.25, 0.3) is 22.0 Å². The molecule has 0 radical (unpaired) electrons. The van der Waals surface area contributed by atoms with E-state index < -0.39 is 5.60 Å². The van der Waals surface area contributed by atoms with Crippen molar-refractivity contribution in [1.82, 2.24) is 14.8 Å². The van der Waals surface area contributed by atoms with Crippen molar-refractivity contribution in [2.45, 2.75) is 58.2 Å². The summed E-state index contributed by atoms with van der Waals surface area (Å²) in [6.07, 6.45) is 2.43. The number of amides is 1. The highest BCUT2D eigenvalue weighted by atomic mass is 16.5. The van der Waals surface area contributed by atoms with Crippen LogP contribution in [-0.4, -0.2) is 65.5 Å². The minimum atomic E-state index is -0.549. The van der Waals surface area contributed by atoms with Gasteiger partial charge in [0.1, 0.15) is 18.0 Å². The van der Waals surface area contributed by atoms with Crippen molar-refractivity contribution < 1.29 is 19.4 Å². The van der Waals surface area contributed by atoms with Gasteiger partial charge in [-0.1, -0.05) is 18.2 Å². The summed E-state index contributed by atoms with van der Waals surface area (Å²) in [6.45, 7) is 8.82. The third kappa shape index (κ3) is 6.94. The number of fused-ring (bicyclic) bond motifs is 1. The average Bonchev–Trinajstić information content (AvgIpc) is 2.88. The van der Waals surface area contributed by atoms with Crippen LogP contribution in [0, 0.1) is 0 Å². The minimum absolute atomic E-state index is 0.0305. The van der Waals surface area contributed by atoms with Crippen molar-refractivity contribution in [2.24, 2.45) is 0 Å². The molecule has 8 heteroatoms. The Bertz CT molecular complexity index is 1320. The van der Waals surface area contributed by atoms with E-state index in [4.69, 9.17) is 9.47 Å². The molecule has 2 heterocycles. The van der Waals surface area contributed by atoms with Crippen LogP contribution in [0.5, 0.6) is 11.5 Å². The van der Waals surface area contributed by atoms with Gasteiger partial charge in [-0.2, -0.15) is 0 Å². The van der Waals surface area contributed by atoms with Gasteiger partial charge < -0.3 is 24.8 Å². The van der Waals surface area contributed by atoms with Gasteiger partial charge in [-0.25, -0.2) is 0 Å². The number of carbonyl (C=O) groups is 1. The van der Waals surface area contributed by atoms with Crippen LogP contribution in [0.3, 0.4) is 0 Å². The number of methoxy groups -OCH3 is 1. The van der Waals surface area contributed by atoms with Crippen LogP contribution in [0.1, 0.15) is 40.0 Å². The molecule has 1 fully saturated rings. The molecule has 204 valence electrons. The fourth-order valence-electron chi connectivity index (χ4n) is 4.84. The minimum Gasteiger partial charge on any atom is -0.497 e. The molecular weight excluding hydrogens is 482 g/mol. The maximum Gasteiger partial charge on any atom is 0.259 e. The summed E-state index contributed by atoms with van der Waals surface area (Å²) in [7, 11) is 1.60. The highest BCUT2D eigenvalue weighted by Crippen LogP contribution is 2.27. The zero-order valence-electron chi connectivity index (χ0n) is 22.8. The second-order valence-corrected chi connectivity index (χ2v) is 10.7. The predicted octanol–water partition coefficient (Wildman–Crippen LogP) is 3.82. The van der Waals surface area contributed by atoms with E-state index in [2.05, 4.69) is 10.2 Å². The van der Waals surface area contributed by atoms with Crippen molar-refractivity contribution in [3.63, 3.8) is 0 Å². The molecule has 1 aromatic heterocycles. The van der Waals surface area contributed by atoms with Crippen LogP contribution >= 0.6 is 0 Å². The summed E-state index contributed by atoms with van der Waals surface area (Å²) in [5.41, 5.74) is 0.646. The standard InChI is InChI=1S/C30H39N3O5/c1-21(2)31-28(34)20-33-27(23-7-5-8-24(17-23)37-4)18-22-9-10-25(19-26(22)29(33)35)38-16-6-13-32-14-11-30(3,36)12-15-32/h5,7-10,17-19,21,36H,6,11-16,20H2,1-4H3,(H,31,34). The highest BCUT2D eigenvalue weighted by Gasteiger charge is 2.26. The Kier molecular flexibility index (Phi) is 8.74. The SMILES string of the molecule is COc1cccc(-c2cc3ccc(OCCCN4CCC(C)(O)CC4)cc3c(=O)n2CC(=O)NC(C)C)c1. The first-order valence-corrected chi connectivity index (χ1v) is 13.3. The average molecular weight is 522 g/mol. The number of aliphatic hydroxyl groups is 1. The Morgan fingerprint density at radius 2 is 1.87 bits per heavy atom. The maximum absolute atomic E-state index is 13.7. The van der Waals surface area contributed by atoms with Crippen molar-refractivity contribution in [2.75, 3.05) is 33.4 Å². The van der Waals surface area contributed by atoms with Crippen LogP contribution in [0.2, 0.25) is 0 Å². The van der Waals surface area contributed by atoms with Gasteiger partial charge in [-0.3, -0.25) is 14.2 Å². The Morgan fingerprint density at radius 1 is 1.11 bits per heavy atom. The van der Waals surface area contributed by atoms with Crippen molar-refractivity contribution >= 4 is 16.7 Å². The first kappa shape index (κ1) is 27.7. The van der Waals surface area contributed by atoms with Gasteiger partial charge in [-0.05, 0) is 75.8 Å². The number of benzene rings is 2. The third-order valence-electron chi connectivity index (χ3n) is 7.02. The zero-order valence-corrected chi connectivity index (χ0v) is 22.8. The lowest BCUT2D eigenvalue weighted by Gasteiger charge is -2.35. The van der Waals surface area contributed by atoms with E-state index in [1.165, 1.54) is 4.57 Å². The molecule has 0 spiro atoms. The fourth-order valence-corrected chi connectivity index (χ4v) is 4.84. The Morgan fingerprint density at radius 3 is 2.58 bits per heavy atom. The molecule has 38 heavy (non-hydrogen) atoms. The van der Waals surface area contributed by atoms with Crippen LogP contribution < -0.4 is 20.3 Å². The van der Waals surface area contributed by atoms with E-state index in [1.807, 2.05) is 63.2 Å². The lowest BCUT2D eigenvalue weighted by molar-refractivity contribution is -0.122. The number of nitrogens with one attached hydrogen (secondary N) is 1. The first-order chi connectivity index (χ1) is 18.1. The summed E-state index contributed by atoms with van der Waals surface area (Å²) in [5, 5.41) is 14.3. The van der Waals surface area contributed by atoms with Gasteiger partial charge in [0.25, 0.3) is 5.56 Å². The molecule has 2 N–H and O–H groups in total. The number of aromatic nitrogens is 1. The molecular formula is C30H39N3O5. The molecule has 0 bridgehead atoms. The quantitative estimate of drug-likeness (QED) is 0.394. The molecule has 1 aliphatic rings. The molecule has 0 saturated carbocycles. The smallest absolute Gasteiger partial charge is 0.259 e. The summed E-state index contributed by atoms with van der Waals surface area (Å²) in [4.78, 5) is 28.7. The van der Waals surface area contributed by atoms with Gasteiger partial charge >= 0.3 is 0 Å². The van der Waals surface area contributed by atoms with Crippen LogP contribution in [0.15, 0.2) is 53.3 Å². The van der Waals surface area contributed by atoms with E-state index in [0.29, 0.717) is 29.2 Å². The van der Waals surface area contributed by atoms with Crippen molar-refractivity contribution in [1.29, 1.82) is 0 Å². The molecule has 0 aliphatic carbocycles. The molecule has 1 aliphatic heterocycles. The maximum atomic E-state index is 13.7. The number of nitrogens with zero attached hydrogens (tertiary/aromatic N) is 2. The number of pyridine rings is 1. The third-order valence-corrected chi connectivity index (χ3v) is 7.02. The normalized spacial score (nSPS) is 15.5. The number of carbonyl (C=O) groups excluding carboxylic acids is 1. The number of ether oxygens (including phenoxy) is 2. The number of rotatable bonds is 10. The monoisotopic (exact) mass is 521 g/mol. The van der Waals surface area contributed by atoms with Gasteiger partial charge in [-0.15, -0.1) is 0 Å². The largest absolute Gasteiger partial charge is 0.497 e. The van der Waals surface area contributed by atoms with Gasteiger partial charge in [0.05, 0.1) is 30.4 Å². The summed E-state index contributed by atoms with van der Waals surface area (Å²) in [5.74, 6) is 1.08. The second kappa shape index (κ2) is 12.0. The molecule has 3 aromatic rings. The van der Waals surface area contributed by atoms with E-state index in [0.717, 1.165) is 49.8 Å². The number of likely N-dealkylation sites (tertiary alicyclic amines) is 1. The second-order valence-electron chi connectivity index (χ2n) is 10.7. The fraction of sp³-hybridized carbons (Fsp3) is 0.467. The Hall–Kier alpha value is -3.36. The van der Waals surface area contributed by atoms with E-state index in [9.17, 15) is 14.7 Å².